The fraction of sp³-hybridized carbons (Fsp3) is 0.438. The van der Waals surface area contributed by atoms with Crippen molar-refractivity contribution < 1.29 is 5.11 Å². The second-order valence-corrected chi connectivity index (χ2v) is 5.47. The molecule has 3 nitrogen and oxygen atoms in total. The van der Waals surface area contributed by atoms with Crippen molar-refractivity contribution >= 4 is 10.9 Å². The number of pyridine rings is 1. The van der Waals surface area contributed by atoms with Crippen molar-refractivity contribution in [1.82, 2.24) is 9.88 Å². The Balaban J connectivity index is 1.91. The number of piperidine rings is 1. The van der Waals surface area contributed by atoms with Gasteiger partial charge >= 0.3 is 0 Å². The minimum absolute atomic E-state index is 0.164. The van der Waals surface area contributed by atoms with Gasteiger partial charge in [-0.25, -0.2) is 0 Å². The lowest BCUT2D eigenvalue weighted by Gasteiger charge is -2.30. The van der Waals surface area contributed by atoms with Gasteiger partial charge in [0.1, 0.15) is 0 Å². The van der Waals surface area contributed by atoms with E-state index in [0.717, 1.165) is 43.7 Å². The fourth-order valence-electron chi connectivity index (χ4n) is 2.94. The molecule has 1 saturated heterocycles. The highest BCUT2D eigenvalue weighted by Gasteiger charge is 2.18. The van der Waals surface area contributed by atoms with E-state index in [1.807, 2.05) is 13.0 Å². The molecule has 0 bridgehead atoms. The molecule has 1 unspecified atom stereocenters. The van der Waals surface area contributed by atoms with Crippen LogP contribution in [-0.2, 0) is 6.54 Å². The second-order valence-electron chi connectivity index (χ2n) is 5.47. The van der Waals surface area contributed by atoms with Gasteiger partial charge in [-0.2, -0.15) is 0 Å². The van der Waals surface area contributed by atoms with Crippen LogP contribution in [0.25, 0.3) is 10.9 Å². The molecule has 3 rings (SSSR count). The molecule has 3 heteroatoms. The lowest BCUT2D eigenvalue weighted by Crippen LogP contribution is -2.37. The summed E-state index contributed by atoms with van der Waals surface area (Å²) in [5, 5.41) is 11.0. The maximum absolute atomic E-state index is 9.77. The van der Waals surface area contributed by atoms with E-state index in [4.69, 9.17) is 0 Å². The number of hydrogen-bond acceptors (Lipinski definition) is 3. The van der Waals surface area contributed by atoms with Crippen LogP contribution in [0.3, 0.4) is 0 Å². The van der Waals surface area contributed by atoms with Gasteiger partial charge in [0.2, 0.25) is 0 Å². The molecule has 1 aliphatic heterocycles. The topological polar surface area (TPSA) is 36.4 Å². The zero-order chi connectivity index (χ0) is 13.2. The van der Waals surface area contributed by atoms with E-state index in [2.05, 4.69) is 34.1 Å². The highest BCUT2D eigenvalue weighted by Crippen LogP contribution is 2.21. The molecule has 100 valence electrons. The van der Waals surface area contributed by atoms with Crippen molar-refractivity contribution in [2.75, 3.05) is 13.1 Å². The van der Waals surface area contributed by atoms with Crippen LogP contribution in [0.15, 0.2) is 30.3 Å². The first-order chi connectivity index (χ1) is 9.22. The average molecular weight is 256 g/mol. The molecular formula is C16H20N2O. The number of aliphatic hydroxyl groups is 1. The van der Waals surface area contributed by atoms with Crippen LogP contribution in [0.4, 0.5) is 0 Å². The molecule has 2 heterocycles. The standard InChI is InChI=1S/C16H20N2O/c1-12-9-13(10-18-8-4-5-14(19)11-18)15-6-2-3-7-16(15)17-12/h2-3,6-7,9,14,19H,4-5,8,10-11H2,1H3. The minimum atomic E-state index is -0.164. The molecule has 1 aliphatic rings. The molecule has 1 aromatic heterocycles. The number of likely N-dealkylation sites (tertiary alicyclic amines) is 1. The zero-order valence-corrected chi connectivity index (χ0v) is 11.3. The Kier molecular flexibility index (Phi) is 3.49. The third-order valence-electron chi connectivity index (χ3n) is 3.80. The quantitative estimate of drug-likeness (QED) is 0.897. The number of fused-ring (bicyclic) bond motifs is 1. The second kappa shape index (κ2) is 5.27. The van der Waals surface area contributed by atoms with E-state index >= 15 is 0 Å². The Labute approximate surface area is 113 Å². The first-order valence-electron chi connectivity index (χ1n) is 6.98. The number of aryl methyl sites for hydroxylation is 1. The van der Waals surface area contributed by atoms with Crippen LogP contribution in [0, 0.1) is 6.92 Å². The molecular weight excluding hydrogens is 236 g/mol. The fourth-order valence-corrected chi connectivity index (χ4v) is 2.94. The third kappa shape index (κ3) is 2.77. The molecule has 0 spiro atoms. The summed E-state index contributed by atoms with van der Waals surface area (Å²) in [7, 11) is 0. The van der Waals surface area contributed by atoms with Crippen molar-refractivity contribution in [1.29, 1.82) is 0 Å². The van der Waals surface area contributed by atoms with Gasteiger partial charge in [-0.05, 0) is 44.0 Å². The van der Waals surface area contributed by atoms with Crippen molar-refractivity contribution in [2.45, 2.75) is 32.4 Å². The van der Waals surface area contributed by atoms with E-state index < -0.39 is 0 Å². The minimum Gasteiger partial charge on any atom is -0.392 e. The molecule has 0 amide bonds. The highest BCUT2D eigenvalue weighted by atomic mass is 16.3. The molecule has 0 saturated carbocycles. The van der Waals surface area contributed by atoms with Crippen LogP contribution in [0.1, 0.15) is 24.1 Å². The number of hydrogen-bond donors (Lipinski definition) is 1. The summed E-state index contributed by atoms with van der Waals surface area (Å²) in [6.45, 7) is 4.81. The molecule has 1 N–H and O–H groups in total. The monoisotopic (exact) mass is 256 g/mol. The summed E-state index contributed by atoms with van der Waals surface area (Å²) in [5.74, 6) is 0. The summed E-state index contributed by atoms with van der Waals surface area (Å²) in [6.07, 6.45) is 1.86. The van der Waals surface area contributed by atoms with Gasteiger partial charge in [-0.15, -0.1) is 0 Å². The number of aromatic nitrogens is 1. The van der Waals surface area contributed by atoms with E-state index in [1.54, 1.807) is 0 Å². The highest BCUT2D eigenvalue weighted by molar-refractivity contribution is 5.82. The van der Waals surface area contributed by atoms with Gasteiger partial charge in [0, 0.05) is 24.2 Å². The lowest BCUT2D eigenvalue weighted by molar-refractivity contribution is 0.0670. The summed E-state index contributed by atoms with van der Waals surface area (Å²) in [5.41, 5.74) is 3.44. The summed E-state index contributed by atoms with van der Waals surface area (Å²) < 4.78 is 0. The van der Waals surface area contributed by atoms with Crippen molar-refractivity contribution in [2.24, 2.45) is 0 Å². The largest absolute Gasteiger partial charge is 0.392 e. The first-order valence-corrected chi connectivity index (χ1v) is 6.98. The smallest absolute Gasteiger partial charge is 0.0708 e. The van der Waals surface area contributed by atoms with Crippen LogP contribution >= 0.6 is 0 Å². The molecule has 1 fully saturated rings. The molecule has 2 aromatic rings. The predicted molar refractivity (Wildman–Crippen MR) is 77.0 cm³/mol. The Hall–Kier alpha value is -1.45. The van der Waals surface area contributed by atoms with E-state index in [1.165, 1.54) is 10.9 Å². The van der Waals surface area contributed by atoms with Gasteiger partial charge < -0.3 is 5.11 Å². The maximum Gasteiger partial charge on any atom is 0.0708 e. The van der Waals surface area contributed by atoms with E-state index in [0.29, 0.717) is 0 Å². The number of nitrogens with zero attached hydrogens (tertiary/aromatic N) is 2. The molecule has 0 aliphatic carbocycles. The Bertz CT molecular complexity index is 582. The number of aliphatic hydroxyl groups excluding tert-OH is 1. The SMILES string of the molecule is Cc1cc(CN2CCCC(O)C2)c2ccccc2n1. The lowest BCUT2D eigenvalue weighted by atomic mass is 10.0. The predicted octanol–water partition coefficient (Wildman–Crippen LogP) is 2.50. The number of rotatable bonds is 2. The summed E-state index contributed by atoms with van der Waals surface area (Å²) in [6, 6.07) is 10.5. The number of benzene rings is 1. The Morgan fingerprint density at radius 2 is 2.21 bits per heavy atom. The van der Waals surface area contributed by atoms with Crippen LogP contribution in [0.2, 0.25) is 0 Å². The van der Waals surface area contributed by atoms with Gasteiger partial charge in [0.05, 0.1) is 11.6 Å². The normalized spacial score (nSPS) is 20.8. The van der Waals surface area contributed by atoms with Gasteiger partial charge in [-0.3, -0.25) is 9.88 Å². The van der Waals surface area contributed by atoms with Crippen molar-refractivity contribution in [3.63, 3.8) is 0 Å². The zero-order valence-electron chi connectivity index (χ0n) is 11.3. The van der Waals surface area contributed by atoms with Crippen molar-refractivity contribution in [3.8, 4) is 0 Å². The van der Waals surface area contributed by atoms with Crippen LogP contribution in [-0.4, -0.2) is 34.2 Å². The average Bonchev–Trinajstić information content (AvgIpc) is 2.38. The number of β-amino-alcohol motifs (C(OH)–C–C–N with tert-alkyl or cyclic N) is 1. The van der Waals surface area contributed by atoms with Gasteiger partial charge in [0.15, 0.2) is 0 Å². The molecule has 19 heavy (non-hydrogen) atoms. The summed E-state index contributed by atoms with van der Waals surface area (Å²) >= 11 is 0. The van der Waals surface area contributed by atoms with Gasteiger partial charge in [-0.1, -0.05) is 18.2 Å². The Morgan fingerprint density at radius 1 is 1.37 bits per heavy atom. The third-order valence-corrected chi connectivity index (χ3v) is 3.80. The molecule has 0 radical (unpaired) electrons. The van der Waals surface area contributed by atoms with Crippen LogP contribution in [0.5, 0.6) is 0 Å². The summed E-state index contributed by atoms with van der Waals surface area (Å²) in [4.78, 5) is 6.92. The Morgan fingerprint density at radius 3 is 3.05 bits per heavy atom. The van der Waals surface area contributed by atoms with Crippen LogP contribution < -0.4 is 0 Å². The molecule has 1 atom stereocenters. The molecule has 1 aromatic carbocycles. The first kappa shape index (κ1) is 12.6. The van der Waals surface area contributed by atoms with Crippen molar-refractivity contribution in [3.05, 3.63) is 41.6 Å². The van der Waals surface area contributed by atoms with E-state index in [9.17, 15) is 5.11 Å². The number of para-hydroxylation sites is 1. The van der Waals surface area contributed by atoms with Gasteiger partial charge in [0.25, 0.3) is 0 Å². The van der Waals surface area contributed by atoms with E-state index in [-0.39, 0.29) is 6.10 Å². The maximum atomic E-state index is 9.77.